The van der Waals surface area contributed by atoms with E-state index in [1.165, 1.54) is 6.07 Å². The number of ether oxygens (including phenoxy) is 1. The van der Waals surface area contributed by atoms with Crippen molar-refractivity contribution in [3.05, 3.63) is 71.8 Å². The molecular weight excluding hydrogens is 381 g/mol. The van der Waals surface area contributed by atoms with Crippen LogP contribution >= 0.6 is 0 Å². The van der Waals surface area contributed by atoms with Crippen LogP contribution in [0.15, 0.2) is 54.9 Å². The van der Waals surface area contributed by atoms with Crippen LogP contribution in [0.1, 0.15) is 11.1 Å². The zero-order valence-electron chi connectivity index (χ0n) is 17.1. The highest BCUT2D eigenvalue weighted by atomic mass is 19.1. The van der Waals surface area contributed by atoms with Crippen molar-refractivity contribution in [2.24, 2.45) is 0 Å². The molecule has 0 atom stereocenters. The van der Waals surface area contributed by atoms with E-state index in [9.17, 15) is 4.39 Å². The summed E-state index contributed by atoms with van der Waals surface area (Å²) >= 11 is 0. The molecule has 7 heteroatoms. The van der Waals surface area contributed by atoms with E-state index in [0.29, 0.717) is 18.1 Å². The quantitative estimate of drug-likeness (QED) is 0.499. The molecule has 2 aromatic carbocycles. The Hall–Kier alpha value is -3.74. The summed E-state index contributed by atoms with van der Waals surface area (Å²) in [6, 6.07) is 12.9. The smallest absolute Gasteiger partial charge is 0.227 e. The van der Waals surface area contributed by atoms with Crippen LogP contribution in [-0.2, 0) is 6.54 Å². The largest absolute Gasteiger partial charge is 0.497 e. The molecule has 4 aromatic rings. The van der Waals surface area contributed by atoms with E-state index in [0.717, 1.165) is 33.4 Å². The zero-order valence-corrected chi connectivity index (χ0v) is 17.1. The average Bonchev–Trinajstić information content (AvgIpc) is 2.76. The summed E-state index contributed by atoms with van der Waals surface area (Å²) in [5.41, 5.74) is 10.0. The minimum atomic E-state index is -0.419. The van der Waals surface area contributed by atoms with Gasteiger partial charge in [0, 0.05) is 36.9 Å². The number of hydrogen-bond acceptors (Lipinski definition) is 6. The number of benzene rings is 2. The second kappa shape index (κ2) is 7.94. The lowest BCUT2D eigenvalue weighted by molar-refractivity contribution is 0.414. The van der Waals surface area contributed by atoms with Crippen molar-refractivity contribution >= 4 is 22.7 Å². The molecule has 4 rings (SSSR count). The molecule has 0 aliphatic heterocycles. The molecule has 2 N–H and O–H groups in total. The predicted octanol–water partition coefficient (Wildman–Crippen LogP) is 4.37. The number of rotatable bonds is 5. The highest BCUT2D eigenvalue weighted by Gasteiger charge is 2.11. The van der Waals surface area contributed by atoms with Crippen molar-refractivity contribution in [1.29, 1.82) is 0 Å². The molecule has 0 radical (unpaired) electrons. The summed E-state index contributed by atoms with van der Waals surface area (Å²) < 4.78 is 18.9. The van der Waals surface area contributed by atoms with Gasteiger partial charge >= 0.3 is 0 Å². The monoisotopic (exact) mass is 403 g/mol. The minimum Gasteiger partial charge on any atom is -0.497 e. The Bertz CT molecular complexity index is 1210. The Balaban J connectivity index is 1.60. The minimum absolute atomic E-state index is 0.113. The summed E-state index contributed by atoms with van der Waals surface area (Å²) in [7, 11) is 3.58. The molecule has 6 nitrogen and oxygen atoms in total. The molecule has 0 unspecified atom stereocenters. The average molecular weight is 403 g/mol. The number of fused-ring (bicyclic) bond motifs is 1. The maximum absolute atomic E-state index is 13.7. The molecule has 0 aliphatic rings. The van der Waals surface area contributed by atoms with E-state index in [1.54, 1.807) is 25.6 Å². The molecule has 30 heavy (non-hydrogen) atoms. The van der Waals surface area contributed by atoms with Gasteiger partial charge in [0.2, 0.25) is 5.95 Å². The first kappa shape index (κ1) is 19.6. The molecule has 2 aromatic heterocycles. The fourth-order valence-corrected chi connectivity index (χ4v) is 3.32. The number of aromatic nitrogens is 3. The number of aryl methyl sites for hydroxylation is 1. The fourth-order valence-electron chi connectivity index (χ4n) is 3.32. The Morgan fingerprint density at radius 2 is 1.83 bits per heavy atom. The van der Waals surface area contributed by atoms with Gasteiger partial charge in [-0.15, -0.1) is 0 Å². The third-order valence-electron chi connectivity index (χ3n) is 5.00. The van der Waals surface area contributed by atoms with Gasteiger partial charge in [-0.2, -0.15) is 4.98 Å². The molecule has 0 aliphatic carbocycles. The second-order valence-corrected chi connectivity index (χ2v) is 7.20. The third-order valence-corrected chi connectivity index (χ3v) is 5.00. The number of anilines is 2. The molecule has 2 heterocycles. The summed E-state index contributed by atoms with van der Waals surface area (Å²) in [6.45, 7) is 2.50. The lowest BCUT2D eigenvalue weighted by atomic mass is 10.0. The van der Waals surface area contributed by atoms with Crippen LogP contribution in [0.2, 0.25) is 0 Å². The number of pyridine rings is 1. The topological polar surface area (TPSA) is 77.2 Å². The predicted molar refractivity (Wildman–Crippen MR) is 117 cm³/mol. The molecule has 0 saturated heterocycles. The van der Waals surface area contributed by atoms with Gasteiger partial charge in [-0.3, -0.25) is 0 Å². The van der Waals surface area contributed by atoms with Crippen LogP contribution in [0.5, 0.6) is 5.75 Å². The maximum Gasteiger partial charge on any atom is 0.227 e. The number of halogens is 1. The van der Waals surface area contributed by atoms with Crippen LogP contribution in [-0.4, -0.2) is 29.1 Å². The Kier molecular flexibility index (Phi) is 5.18. The summed E-state index contributed by atoms with van der Waals surface area (Å²) in [4.78, 5) is 15.5. The van der Waals surface area contributed by atoms with Gasteiger partial charge in [-0.05, 0) is 53.9 Å². The third kappa shape index (κ3) is 3.87. The van der Waals surface area contributed by atoms with Crippen LogP contribution in [0.3, 0.4) is 0 Å². The van der Waals surface area contributed by atoms with Crippen molar-refractivity contribution in [3.8, 4) is 16.9 Å². The van der Waals surface area contributed by atoms with Crippen molar-refractivity contribution in [2.75, 3.05) is 24.8 Å². The van der Waals surface area contributed by atoms with Crippen LogP contribution in [0.4, 0.5) is 16.0 Å². The zero-order chi connectivity index (χ0) is 21.3. The number of nitrogen functional groups attached to an aromatic ring is 1. The summed E-state index contributed by atoms with van der Waals surface area (Å²) in [6.07, 6.45) is 3.48. The standard InChI is InChI=1S/C23H22FN5O/c1-14-8-20(24)21(25)10-19(14)16-9-17-12-27-23(28-22(17)26-11-16)29(2)13-15-4-6-18(30-3)7-5-15/h4-12H,13,25H2,1-3H3. The van der Waals surface area contributed by atoms with Crippen LogP contribution in [0, 0.1) is 12.7 Å². The highest BCUT2D eigenvalue weighted by molar-refractivity contribution is 5.82. The highest BCUT2D eigenvalue weighted by Crippen LogP contribution is 2.29. The lowest BCUT2D eigenvalue weighted by Crippen LogP contribution is -2.19. The molecule has 0 bridgehead atoms. The van der Waals surface area contributed by atoms with E-state index >= 15 is 0 Å². The molecule has 0 fully saturated rings. The van der Waals surface area contributed by atoms with Crippen molar-refractivity contribution in [3.63, 3.8) is 0 Å². The first-order valence-electron chi connectivity index (χ1n) is 9.47. The van der Waals surface area contributed by atoms with Gasteiger partial charge in [0.15, 0.2) is 5.65 Å². The summed E-state index contributed by atoms with van der Waals surface area (Å²) in [5.74, 6) is 0.986. The number of nitrogens with two attached hydrogens (primary N) is 1. The van der Waals surface area contributed by atoms with Crippen molar-refractivity contribution in [2.45, 2.75) is 13.5 Å². The van der Waals surface area contributed by atoms with Crippen molar-refractivity contribution in [1.82, 2.24) is 15.0 Å². The second-order valence-electron chi connectivity index (χ2n) is 7.20. The molecule has 0 amide bonds. The fraction of sp³-hybridized carbons (Fsp3) is 0.174. The molecule has 0 spiro atoms. The van der Waals surface area contributed by atoms with E-state index in [4.69, 9.17) is 10.5 Å². The van der Waals surface area contributed by atoms with Crippen LogP contribution in [0.25, 0.3) is 22.2 Å². The van der Waals surface area contributed by atoms with Crippen molar-refractivity contribution < 1.29 is 9.13 Å². The Labute approximate surface area is 174 Å². The molecule has 152 valence electrons. The normalized spacial score (nSPS) is 10.9. The van der Waals surface area contributed by atoms with Gasteiger partial charge < -0.3 is 15.4 Å². The van der Waals surface area contributed by atoms with Gasteiger partial charge in [0.1, 0.15) is 11.6 Å². The molecular formula is C23H22FN5O. The number of methoxy groups -OCH3 is 1. The molecule has 0 saturated carbocycles. The SMILES string of the molecule is COc1ccc(CN(C)c2ncc3cc(-c4cc(N)c(F)cc4C)cnc3n2)cc1. The van der Waals surface area contributed by atoms with Gasteiger partial charge in [-0.1, -0.05) is 12.1 Å². The van der Waals surface area contributed by atoms with Gasteiger partial charge in [-0.25, -0.2) is 14.4 Å². The van der Waals surface area contributed by atoms with E-state index in [1.807, 2.05) is 49.2 Å². The van der Waals surface area contributed by atoms with E-state index in [2.05, 4.69) is 15.0 Å². The van der Waals surface area contributed by atoms with E-state index < -0.39 is 5.82 Å². The Morgan fingerprint density at radius 3 is 2.57 bits per heavy atom. The maximum atomic E-state index is 13.7. The van der Waals surface area contributed by atoms with Crippen LogP contribution < -0.4 is 15.4 Å². The van der Waals surface area contributed by atoms with Gasteiger partial charge in [0.05, 0.1) is 12.8 Å². The first-order valence-corrected chi connectivity index (χ1v) is 9.47. The number of hydrogen-bond donors (Lipinski definition) is 1. The Morgan fingerprint density at radius 1 is 1.07 bits per heavy atom. The van der Waals surface area contributed by atoms with Gasteiger partial charge in [0.25, 0.3) is 0 Å². The van der Waals surface area contributed by atoms with E-state index in [-0.39, 0.29) is 5.69 Å². The summed E-state index contributed by atoms with van der Waals surface area (Å²) in [5, 5.41) is 0.802. The lowest BCUT2D eigenvalue weighted by Gasteiger charge is -2.17. The first-order chi connectivity index (χ1) is 14.4. The number of nitrogens with zero attached hydrogens (tertiary/aromatic N) is 4.